The predicted octanol–water partition coefficient (Wildman–Crippen LogP) is 2.60. The highest BCUT2D eigenvalue weighted by atomic mass is 16.5. The van der Waals surface area contributed by atoms with Crippen LogP contribution in [0.4, 0.5) is 5.82 Å². The van der Waals surface area contributed by atoms with Crippen molar-refractivity contribution >= 4 is 5.82 Å². The van der Waals surface area contributed by atoms with Gasteiger partial charge in [-0.2, -0.15) is 0 Å². The maximum atomic E-state index is 11.9. The van der Waals surface area contributed by atoms with Gasteiger partial charge in [0.1, 0.15) is 11.6 Å². The van der Waals surface area contributed by atoms with Gasteiger partial charge in [0, 0.05) is 12.1 Å². The molecule has 1 aliphatic rings. The first-order valence-corrected chi connectivity index (χ1v) is 7.26. The summed E-state index contributed by atoms with van der Waals surface area (Å²) < 4.78 is 6.68. The van der Waals surface area contributed by atoms with Crippen LogP contribution in [0.25, 0.3) is 5.69 Å². The lowest BCUT2D eigenvalue weighted by Gasteiger charge is -2.13. The van der Waals surface area contributed by atoms with E-state index in [0.29, 0.717) is 11.8 Å². The molecule has 0 atom stereocenters. The average Bonchev–Trinajstić information content (AvgIpc) is 3.02. The number of nitrogens with zero attached hydrogens (tertiary/aromatic N) is 2. The van der Waals surface area contributed by atoms with E-state index in [0.717, 1.165) is 11.5 Å². The fraction of sp³-hybridized carbons (Fsp3) is 0.375. The van der Waals surface area contributed by atoms with Gasteiger partial charge in [-0.1, -0.05) is 12.8 Å². The lowest BCUT2D eigenvalue weighted by Crippen LogP contribution is -2.18. The lowest BCUT2D eigenvalue weighted by molar-refractivity contribution is 0.411. The van der Waals surface area contributed by atoms with Gasteiger partial charge in [0.25, 0.3) is 5.56 Å². The Bertz CT molecular complexity index is 658. The molecule has 2 heterocycles. The lowest BCUT2D eigenvalue weighted by atomic mass is 10.2. The fourth-order valence-electron chi connectivity index (χ4n) is 2.68. The number of hydrogen-bond acceptors (Lipinski definition) is 4. The highest BCUT2D eigenvalue weighted by molar-refractivity contribution is 5.42. The van der Waals surface area contributed by atoms with Crippen molar-refractivity contribution in [1.82, 2.24) is 9.55 Å². The molecule has 1 fully saturated rings. The zero-order chi connectivity index (χ0) is 14.7. The number of ether oxygens (including phenoxy) is 1. The molecule has 0 aliphatic heterocycles. The van der Waals surface area contributed by atoms with Crippen LogP contribution < -0.4 is 15.6 Å². The minimum atomic E-state index is -0.103. The molecular weight excluding hydrogens is 266 g/mol. The van der Waals surface area contributed by atoms with Crippen molar-refractivity contribution in [3.05, 3.63) is 47.0 Å². The highest BCUT2D eigenvalue weighted by Crippen LogP contribution is 2.21. The molecule has 0 amide bonds. The van der Waals surface area contributed by atoms with Gasteiger partial charge < -0.3 is 10.1 Å². The molecule has 1 aliphatic carbocycles. The minimum absolute atomic E-state index is 0.103. The summed E-state index contributed by atoms with van der Waals surface area (Å²) >= 11 is 0. The van der Waals surface area contributed by atoms with Crippen LogP contribution in [0.15, 0.2) is 41.5 Å². The van der Waals surface area contributed by atoms with Gasteiger partial charge in [0.2, 0.25) is 0 Å². The van der Waals surface area contributed by atoms with Crippen LogP contribution in [0.3, 0.4) is 0 Å². The normalized spacial score (nSPS) is 15.1. The van der Waals surface area contributed by atoms with Crippen molar-refractivity contribution in [2.45, 2.75) is 31.7 Å². The highest BCUT2D eigenvalue weighted by Gasteiger charge is 2.14. The minimum Gasteiger partial charge on any atom is -0.495 e. The second kappa shape index (κ2) is 5.99. The second-order valence-electron chi connectivity index (χ2n) is 5.30. The van der Waals surface area contributed by atoms with Crippen LogP contribution >= 0.6 is 0 Å². The Morgan fingerprint density at radius 1 is 1.24 bits per heavy atom. The van der Waals surface area contributed by atoms with Gasteiger partial charge in [0.15, 0.2) is 0 Å². The summed E-state index contributed by atoms with van der Waals surface area (Å²) in [5, 5.41) is 3.43. The molecule has 0 spiro atoms. The molecule has 2 aromatic rings. The molecule has 1 N–H and O–H groups in total. The summed E-state index contributed by atoms with van der Waals surface area (Å²) in [5.41, 5.74) is 0.630. The van der Waals surface area contributed by atoms with Crippen LogP contribution in [0.5, 0.6) is 5.75 Å². The number of anilines is 1. The van der Waals surface area contributed by atoms with Gasteiger partial charge in [-0.25, -0.2) is 4.98 Å². The molecule has 0 radical (unpaired) electrons. The Morgan fingerprint density at radius 2 is 2.05 bits per heavy atom. The van der Waals surface area contributed by atoms with Crippen molar-refractivity contribution in [3.63, 3.8) is 0 Å². The van der Waals surface area contributed by atoms with E-state index in [1.165, 1.54) is 36.3 Å². The molecule has 5 nitrogen and oxygen atoms in total. The van der Waals surface area contributed by atoms with E-state index in [1.54, 1.807) is 25.6 Å². The average molecular weight is 285 g/mol. The molecule has 21 heavy (non-hydrogen) atoms. The summed E-state index contributed by atoms with van der Waals surface area (Å²) in [4.78, 5) is 16.3. The van der Waals surface area contributed by atoms with Crippen LogP contribution in [-0.4, -0.2) is 22.7 Å². The summed E-state index contributed by atoms with van der Waals surface area (Å²) in [5.74, 6) is 1.50. The van der Waals surface area contributed by atoms with Crippen molar-refractivity contribution in [3.8, 4) is 11.4 Å². The summed E-state index contributed by atoms with van der Waals surface area (Å²) in [6.07, 6.45) is 8.36. The Labute approximate surface area is 123 Å². The van der Waals surface area contributed by atoms with Gasteiger partial charge in [0.05, 0.1) is 25.2 Å². The van der Waals surface area contributed by atoms with Crippen LogP contribution in [0.2, 0.25) is 0 Å². The van der Waals surface area contributed by atoms with Crippen LogP contribution in [0.1, 0.15) is 25.7 Å². The molecule has 3 rings (SSSR count). The number of hydrogen-bond donors (Lipinski definition) is 1. The van der Waals surface area contributed by atoms with Crippen LogP contribution in [0, 0.1) is 0 Å². The third kappa shape index (κ3) is 3.07. The maximum Gasteiger partial charge on any atom is 0.255 e. The summed E-state index contributed by atoms with van der Waals surface area (Å²) in [6.45, 7) is 0. The quantitative estimate of drug-likeness (QED) is 0.938. The van der Waals surface area contributed by atoms with Gasteiger partial charge in [-0.05, 0) is 31.0 Å². The first-order valence-electron chi connectivity index (χ1n) is 7.26. The molecule has 0 unspecified atom stereocenters. The van der Waals surface area contributed by atoms with E-state index in [-0.39, 0.29) is 5.56 Å². The van der Waals surface area contributed by atoms with E-state index in [1.807, 2.05) is 12.1 Å². The van der Waals surface area contributed by atoms with Crippen molar-refractivity contribution in [2.75, 3.05) is 12.4 Å². The zero-order valence-corrected chi connectivity index (χ0v) is 12.1. The van der Waals surface area contributed by atoms with Crippen molar-refractivity contribution < 1.29 is 4.74 Å². The van der Waals surface area contributed by atoms with Gasteiger partial charge in [-0.3, -0.25) is 9.36 Å². The largest absolute Gasteiger partial charge is 0.495 e. The van der Waals surface area contributed by atoms with Crippen LogP contribution in [-0.2, 0) is 0 Å². The number of pyridine rings is 2. The van der Waals surface area contributed by atoms with Crippen molar-refractivity contribution in [2.24, 2.45) is 0 Å². The molecule has 110 valence electrons. The van der Waals surface area contributed by atoms with E-state index in [9.17, 15) is 4.79 Å². The van der Waals surface area contributed by atoms with Gasteiger partial charge in [-0.15, -0.1) is 0 Å². The Balaban J connectivity index is 1.81. The number of nitrogens with one attached hydrogen (secondary N) is 1. The van der Waals surface area contributed by atoms with Gasteiger partial charge >= 0.3 is 0 Å². The molecule has 1 saturated carbocycles. The third-order valence-corrected chi connectivity index (χ3v) is 3.85. The van der Waals surface area contributed by atoms with Crippen molar-refractivity contribution in [1.29, 1.82) is 0 Å². The topological polar surface area (TPSA) is 56.1 Å². The smallest absolute Gasteiger partial charge is 0.255 e. The molecule has 0 bridgehead atoms. The maximum absolute atomic E-state index is 11.9. The Morgan fingerprint density at radius 3 is 2.71 bits per heavy atom. The molecular formula is C16H19N3O2. The zero-order valence-electron chi connectivity index (χ0n) is 12.1. The summed E-state index contributed by atoms with van der Waals surface area (Å²) in [7, 11) is 1.58. The number of methoxy groups -OCH3 is 1. The first kappa shape index (κ1) is 13.7. The third-order valence-electron chi connectivity index (χ3n) is 3.85. The van der Waals surface area contributed by atoms with E-state index in [2.05, 4.69) is 10.3 Å². The molecule has 2 aromatic heterocycles. The number of rotatable bonds is 4. The molecule has 0 saturated heterocycles. The first-order chi connectivity index (χ1) is 10.3. The monoisotopic (exact) mass is 285 g/mol. The second-order valence-corrected chi connectivity index (χ2v) is 5.30. The Hall–Kier alpha value is -2.30. The predicted molar refractivity (Wildman–Crippen MR) is 82.3 cm³/mol. The van der Waals surface area contributed by atoms with E-state index >= 15 is 0 Å². The summed E-state index contributed by atoms with van der Waals surface area (Å²) in [6, 6.07) is 7.49. The van der Waals surface area contributed by atoms with E-state index in [4.69, 9.17) is 4.74 Å². The fourth-order valence-corrected chi connectivity index (χ4v) is 2.68. The SMILES string of the molecule is COc1ccc(=O)n(-c2ccc(NC3CCCC3)nc2)c1. The Kier molecular flexibility index (Phi) is 3.90. The van der Waals surface area contributed by atoms with E-state index < -0.39 is 0 Å². The molecule has 0 aromatic carbocycles. The standard InChI is InChI=1S/C16H19N3O2/c1-21-14-7-9-16(20)19(11-14)13-6-8-15(17-10-13)18-12-4-2-3-5-12/h6-12H,2-5H2,1H3,(H,17,18). The number of aromatic nitrogens is 2. The molecule has 5 heteroatoms.